The van der Waals surface area contributed by atoms with Crippen LogP contribution in [0.25, 0.3) is 0 Å². The zero-order chi connectivity index (χ0) is 55.5. The largest absolute Gasteiger partial charge is 0.472 e. The summed E-state index contributed by atoms with van der Waals surface area (Å²) in [6, 6.07) is 0. The Labute approximate surface area is 467 Å². The van der Waals surface area contributed by atoms with Crippen LogP contribution in [-0.2, 0) is 42.2 Å². The Balaban J connectivity index is 4.67. The number of rotatable bonds is 60. The molecule has 0 aliphatic carbocycles. The second kappa shape index (κ2) is 58.8. The van der Waals surface area contributed by atoms with Gasteiger partial charge in [0.1, 0.15) is 12.7 Å². The maximum atomic E-state index is 13.0. The molecule has 0 heterocycles. The zero-order valence-electron chi connectivity index (χ0n) is 49.5. The Morgan fingerprint density at radius 1 is 0.382 bits per heavy atom. The van der Waals surface area contributed by atoms with Gasteiger partial charge in [-0.2, -0.15) is 0 Å². The number of allylic oxidation sites excluding steroid dienone is 6. The molecule has 0 radical (unpaired) electrons. The molecular weight excluding hydrogens is 976 g/mol. The molecule has 0 aromatic carbocycles. The Bertz CT molecular complexity index is 1420. The number of hydrogen-bond acceptors (Lipinski definition) is 10. The molecule has 3 unspecified atom stereocenters. The fourth-order valence-electron chi connectivity index (χ4n) is 9.26. The molecule has 0 rings (SSSR count). The first-order chi connectivity index (χ1) is 37.2. The van der Waals surface area contributed by atoms with Crippen molar-refractivity contribution in [2.24, 2.45) is 0 Å². The predicted octanol–water partition coefficient (Wildman–Crippen LogP) is 19.2. The maximum absolute atomic E-state index is 13.0. The second-order valence-corrected chi connectivity index (χ2v) is 23.0. The quantitative estimate of drug-likeness (QED) is 0.0197. The Morgan fingerprint density at radius 2 is 0.684 bits per heavy atom. The van der Waals surface area contributed by atoms with E-state index < -0.39 is 57.8 Å². The van der Waals surface area contributed by atoms with Gasteiger partial charge in [-0.05, 0) is 51.4 Å². The van der Waals surface area contributed by atoms with E-state index in [1.165, 1.54) is 167 Å². The number of unbranched alkanes of at least 4 members (excludes halogenated alkanes) is 37. The summed E-state index contributed by atoms with van der Waals surface area (Å²) in [4.78, 5) is 48.7. The Morgan fingerprint density at radius 3 is 1.05 bits per heavy atom. The van der Waals surface area contributed by atoms with Crippen molar-refractivity contribution in [2.45, 2.75) is 328 Å². The smallest absolute Gasteiger partial charge is 0.462 e. The van der Waals surface area contributed by atoms with Crippen LogP contribution in [0, 0.1) is 0 Å². The first kappa shape index (κ1) is 73.7. The van der Waals surface area contributed by atoms with Crippen molar-refractivity contribution < 1.29 is 52.2 Å². The molecule has 0 amide bonds. The number of hydrogen-bond donors (Lipinski definition) is 2. The number of carbonyl (C=O) groups is 3. The SMILES string of the molecule is CC/C=C\C/C=C\C/C=C\CCCCCCCCCC(=O)OCC(COP(=O)(O)OCC(CO)OC(=O)CCCCCCCCCCCCCCC)OC(=O)CCCCCCCCCCCCCCCCCCCCC. The van der Waals surface area contributed by atoms with Crippen molar-refractivity contribution in [2.75, 3.05) is 26.4 Å². The van der Waals surface area contributed by atoms with E-state index in [1.54, 1.807) is 0 Å². The molecule has 76 heavy (non-hydrogen) atoms. The Kier molecular flexibility index (Phi) is 57.1. The summed E-state index contributed by atoms with van der Waals surface area (Å²) in [5.41, 5.74) is 0. The van der Waals surface area contributed by atoms with Gasteiger partial charge < -0.3 is 24.2 Å². The van der Waals surface area contributed by atoms with Gasteiger partial charge in [0.2, 0.25) is 0 Å². The molecule has 2 N–H and O–H groups in total. The highest BCUT2D eigenvalue weighted by atomic mass is 31.2. The average molecular weight is 1100 g/mol. The molecule has 0 aromatic rings. The van der Waals surface area contributed by atoms with Crippen molar-refractivity contribution in [1.29, 1.82) is 0 Å². The summed E-state index contributed by atoms with van der Waals surface area (Å²) in [7, 11) is -4.75. The van der Waals surface area contributed by atoms with Crippen LogP contribution in [-0.4, -0.2) is 66.5 Å². The fraction of sp³-hybridized carbons (Fsp3) is 0.859. The van der Waals surface area contributed by atoms with E-state index in [4.69, 9.17) is 23.3 Å². The monoisotopic (exact) mass is 1090 g/mol. The number of esters is 3. The highest BCUT2D eigenvalue weighted by Crippen LogP contribution is 2.43. The number of aliphatic hydroxyl groups is 1. The van der Waals surface area contributed by atoms with E-state index in [2.05, 4.69) is 57.2 Å². The molecule has 0 aliphatic heterocycles. The summed E-state index contributed by atoms with van der Waals surface area (Å²) in [6.07, 6.45) is 62.4. The van der Waals surface area contributed by atoms with Gasteiger partial charge in [-0.3, -0.25) is 23.4 Å². The highest BCUT2D eigenvalue weighted by Gasteiger charge is 2.28. The minimum absolute atomic E-state index is 0.172. The van der Waals surface area contributed by atoms with Crippen molar-refractivity contribution in [3.63, 3.8) is 0 Å². The molecule has 0 saturated carbocycles. The number of ether oxygens (including phenoxy) is 3. The van der Waals surface area contributed by atoms with Crippen LogP contribution in [0.3, 0.4) is 0 Å². The van der Waals surface area contributed by atoms with Crippen LogP contribution in [0.15, 0.2) is 36.5 Å². The predicted molar refractivity (Wildman–Crippen MR) is 316 cm³/mol. The third-order valence-corrected chi connectivity index (χ3v) is 15.0. The van der Waals surface area contributed by atoms with E-state index in [9.17, 15) is 28.9 Å². The van der Waals surface area contributed by atoms with E-state index >= 15 is 0 Å². The molecule has 0 aromatic heterocycles. The van der Waals surface area contributed by atoms with Gasteiger partial charge in [0, 0.05) is 19.3 Å². The van der Waals surface area contributed by atoms with Crippen LogP contribution in [0.2, 0.25) is 0 Å². The summed E-state index contributed by atoms with van der Waals surface area (Å²) < 4.78 is 39.7. The van der Waals surface area contributed by atoms with Gasteiger partial charge in [-0.25, -0.2) is 4.57 Å². The summed E-state index contributed by atoms with van der Waals surface area (Å²) in [5.74, 6) is -1.45. The highest BCUT2D eigenvalue weighted by molar-refractivity contribution is 7.47. The van der Waals surface area contributed by atoms with Gasteiger partial charge in [-0.1, -0.05) is 282 Å². The van der Waals surface area contributed by atoms with Gasteiger partial charge in [0.25, 0.3) is 0 Å². The minimum Gasteiger partial charge on any atom is -0.462 e. The van der Waals surface area contributed by atoms with E-state index in [0.29, 0.717) is 19.3 Å². The second-order valence-electron chi connectivity index (χ2n) is 21.6. The van der Waals surface area contributed by atoms with Gasteiger partial charge in [-0.15, -0.1) is 0 Å². The third kappa shape index (κ3) is 56.4. The fourth-order valence-corrected chi connectivity index (χ4v) is 10.0. The number of phosphoric acid groups is 1. The van der Waals surface area contributed by atoms with Crippen LogP contribution in [0.4, 0.5) is 0 Å². The van der Waals surface area contributed by atoms with E-state index in [1.807, 2.05) is 0 Å². The lowest BCUT2D eigenvalue weighted by Crippen LogP contribution is -2.30. The summed E-state index contributed by atoms with van der Waals surface area (Å²) in [5, 5.41) is 9.83. The maximum Gasteiger partial charge on any atom is 0.472 e. The zero-order valence-corrected chi connectivity index (χ0v) is 50.4. The van der Waals surface area contributed by atoms with Crippen LogP contribution in [0.5, 0.6) is 0 Å². The molecule has 0 spiro atoms. The number of aliphatic hydroxyl groups excluding tert-OH is 1. The lowest BCUT2D eigenvalue weighted by atomic mass is 10.0. The Hall–Kier alpha value is -2.30. The standard InChI is InChI=1S/C64H119O11P/c1-4-7-10-13-16-19-22-25-27-29-30-32-34-37-40-43-46-49-52-55-64(68)75-61(57-71-62(66)53-50-47-44-41-38-36-33-31-28-26-23-20-17-14-11-8-5-2)59-73-76(69,70)72-58-60(56-65)74-63(67)54-51-48-45-42-39-35-24-21-18-15-12-9-6-3/h8,11,17,20,26,28,60-61,65H,4-7,9-10,12-16,18-19,21-25,27,29-59H2,1-3H3,(H,69,70)/b11-8-,20-17-,28-26-. The molecule has 0 fully saturated rings. The first-order valence-corrected chi connectivity index (χ1v) is 33.4. The molecule has 0 bridgehead atoms. The minimum atomic E-state index is -4.75. The van der Waals surface area contributed by atoms with Gasteiger partial charge in [0.15, 0.2) is 6.10 Å². The van der Waals surface area contributed by atoms with Crippen molar-refractivity contribution in [3.8, 4) is 0 Å². The normalized spacial score (nSPS) is 13.5. The van der Waals surface area contributed by atoms with Gasteiger partial charge >= 0.3 is 25.7 Å². The molecule has 11 nitrogen and oxygen atoms in total. The molecule has 446 valence electrons. The number of phosphoric ester groups is 1. The third-order valence-electron chi connectivity index (χ3n) is 14.1. The lowest BCUT2D eigenvalue weighted by Gasteiger charge is -2.21. The summed E-state index contributed by atoms with van der Waals surface area (Å²) >= 11 is 0. The topological polar surface area (TPSA) is 155 Å². The molecule has 0 saturated heterocycles. The van der Waals surface area contributed by atoms with Crippen molar-refractivity contribution in [1.82, 2.24) is 0 Å². The molecule has 3 atom stereocenters. The van der Waals surface area contributed by atoms with Crippen molar-refractivity contribution >= 4 is 25.7 Å². The lowest BCUT2D eigenvalue weighted by molar-refractivity contribution is -0.161. The molecule has 0 aliphatic rings. The molecule has 12 heteroatoms. The summed E-state index contributed by atoms with van der Waals surface area (Å²) in [6.45, 7) is 4.59. The van der Waals surface area contributed by atoms with Crippen LogP contribution in [0.1, 0.15) is 316 Å². The first-order valence-electron chi connectivity index (χ1n) is 31.9. The van der Waals surface area contributed by atoms with Gasteiger partial charge in [0.05, 0.1) is 19.8 Å². The van der Waals surface area contributed by atoms with Crippen molar-refractivity contribution in [3.05, 3.63) is 36.5 Å². The van der Waals surface area contributed by atoms with Crippen LogP contribution < -0.4 is 0 Å². The van der Waals surface area contributed by atoms with Crippen LogP contribution >= 0.6 is 7.82 Å². The molecular formula is C64H119O11P. The average Bonchev–Trinajstić information content (AvgIpc) is 3.41. The number of carbonyl (C=O) groups excluding carboxylic acids is 3. The van der Waals surface area contributed by atoms with E-state index in [0.717, 1.165) is 89.9 Å². The van der Waals surface area contributed by atoms with E-state index in [-0.39, 0.29) is 25.9 Å².